The van der Waals surface area contributed by atoms with E-state index in [1.54, 1.807) is 24.3 Å². The zero-order chi connectivity index (χ0) is 25.5. The third-order valence-electron chi connectivity index (χ3n) is 5.44. The molecular formula is C24H13Cl5FN3O2. The Labute approximate surface area is 224 Å². The fourth-order valence-electron chi connectivity index (χ4n) is 3.69. The summed E-state index contributed by atoms with van der Waals surface area (Å²) < 4.78 is 12.0. The maximum Gasteiger partial charge on any atom is 0.255 e. The van der Waals surface area contributed by atoms with E-state index in [2.05, 4.69) is 10.6 Å². The summed E-state index contributed by atoms with van der Waals surface area (Å²) in [5.74, 6) is -3.00. The van der Waals surface area contributed by atoms with Gasteiger partial charge < -0.3 is 10.6 Å². The Morgan fingerprint density at radius 1 is 0.971 bits per heavy atom. The number of carbonyl (C=O) groups is 2. The smallest absolute Gasteiger partial charge is 0.255 e. The van der Waals surface area contributed by atoms with Crippen molar-refractivity contribution in [2.45, 2.75) is 10.3 Å². The number of carbonyl (C=O) groups excluding carboxylic acids is 2. The zero-order valence-electron chi connectivity index (χ0n) is 17.4. The predicted molar refractivity (Wildman–Crippen MR) is 136 cm³/mol. The molecule has 0 aromatic heterocycles. The molecule has 0 bridgehead atoms. The van der Waals surface area contributed by atoms with Crippen LogP contribution in [-0.2, 0) is 4.79 Å². The largest absolute Gasteiger partial charge is 0.326 e. The number of amides is 2. The van der Waals surface area contributed by atoms with E-state index in [1.807, 2.05) is 6.07 Å². The molecule has 0 saturated heterocycles. The van der Waals surface area contributed by atoms with Crippen molar-refractivity contribution in [3.05, 3.63) is 92.2 Å². The number of hydrogen-bond donors (Lipinski definition) is 2. The molecule has 4 rings (SSSR count). The van der Waals surface area contributed by atoms with Gasteiger partial charge >= 0.3 is 0 Å². The molecule has 0 unspecified atom stereocenters. The first-order valence-electron chi connectivity index (χ1n) is 9.97. The summed E-state index contributed by atoms with van der Waals surface area (Å²) in [6, 6.07) is 14.5. The molecule has 1 fully saturated rings. The lowest BCUT2D eigenvalue weighted by Gasteiger charge is -2.10. The van der Waals surface area contributed by atoms with Gasteiger partial charge in [-0.1, -0.05) is 40.9 Å². The van der Waals surface area contributed by atoms with Gasteiger partial charge in [-0.3, -0.25) is 9.59 Å². The van der Waals surface area contributed by atoms with Gasteiger partial charge in [-0.25, -0.2) is 4.39 Å². The average molecular weight is 572 g/mol. The van der Waals surface area contributed by atoms with Crippen molar-refractivity contribution in [3.8, 4) is 6.07 Å². The minimum Gasteiger partial charge on any atom is -0.326 e. The van der Waals surface area contributed by atoms with Crippen LogP contribution >= 0.6 is 58.0 Å². The standard InChI is InChI=1S/C24H13Cl5FN3O2/c25-16-8-12(9-17(26)21(16)27)19-20(24(19,28)29)23(35)32-15-3-1-2-11(7-15)22(34)33-18-5-4-14(30)6-13(18)10-31/h1-9,19-20H,(H,32,35)(H,33,34)/t19-,20+/m0/s1. The van der Waals surface area contributed by atoms with Gasteiger partial charge in [0, 0.05) is 17.2 Å². The Bertz CT molecular complexity index is 1380. The van der Waals surface area contributed by atoms with Gasteiger partial charge in [-0.15, -0.1) is 23.2 Å². The van der Waals surface area contributed by atoms with Crippen LogP contribution in [0.4, 0.5) is 15.8 Å². The predicted octanol–water partition coefficient (Wildman–Crippen LogP) is 7.44. The van der Waals surface area contributed by atoms with Crippen LogP contribution < -0.4 is 10.6 Å². The van der Waals surface area contributed by atoms with E-state index >= 15 is 0 Å². The molecular weight excluding hydrogens is 559 g/mol. The van der Waals surface area contributed by atoms with Crippen LogP contribution in [0.25, 0.3) is 0 Å². The molecule has 178 valence electrons. The van der Waals surface area contributed by atoms with E-state index in [-0.39, 0.29) is 31.9 Å². The van der Waals surface area contributed by atoms with E-state index < -0.39 is 33.8 Å². The number of benzene rings is 3. The van der Waals surface area contributed by atoms with E-state index in [0.29, 0.717) is 11.3 Å². The molecule has 2 amide bonds. The van der Waals surface area contributed by atoms with Crippen molar-refractivity contribution in [2.75, 3.05) is 10.6 Å². The fraction of sp³-hybridized carbons (Fsp3) is 0.125. The van der Waals surface area contributed by atoms with Crippen LogP contribution in [0.3, 0.4) is 0 Å². The Hall–Kier alpha value is -2.53. The average Bonchev–Trinajstić information content (AvgIpc) is 3.40. The summed E-state index contributed by atoms with van der Waals surface area (Å²) in [6.07, 6.45) is 0. The summed E-state index contributed by atoms with van der Waals surface area (Å²) in [6.45, 7) is 0. The maximum atomic E-state index is 13.3. The van der Waals surface area contributed by atoms with E-state index in [4.69, 9.17) is 63.3 Å². The van der Waals surface area contributed by atoms with Crippen molar-refractivity contribution >= 4 is 81.2 Å². The molecule has 1 aliphatic carbocycles. The van der Waals surface area contributed by atoms with Gasteiger partial charge in [0.25, 0.3) is 5.91 Å². The molecule has 1 aliphatic rings. The summed E-state index contributed by atoms with van der Waals surface area (Å²) in [5, 5.41) is 15.0. The Morgan fingerprint density at radius 3 is 2.31 bits per heavy atom. The number of anilines is 2. The number of rotatable bonds is 5. The maximum absolute atomic E-state index is 13.3. The van der Waals surface area contributed by atoms with Crippen molar-refractivity contribution in [1.29, 1.82) is 5.26 Å². The topological polar surface area (TPSA) is 82.0 Å². The lowest BCUT2D eigenvalue weighted by atomic mass is 10.1. The van der Waals surface area contributed by atoms with Crippen LogP contribution in [0.2, 0.25) is 15.1 Å². The first kappa shape index (κ1) is 25.6. The number of nitrogens with zero attached hydrogens (tertiary/aromatic N) is 1. The van der Waals surface area contributed by atoms with Gasteiger partial charge in [0.05, 0.1) is 32.2 Å². The second-order valence-electron chi connectivity index (χ2n) is 7.75. The highest BCUT2D eigenvalue weighted by Crippen LogP contribution is 2.65. The first-order chi connectivity index (χ1) is 16.5. The highest BCUT2D eigenvalue weighted by atomic mass is 35.5. The second kappa shape index (κ2) is 9.85. The molecule has 11 heteroatoms. The molecule has 1 saturated carbocycles. The lowest BCUT2D eigenvalue weighted by Crippen LogP contribution is -2.18. The third kappa shape index (κ3) is 5.20. The highest BCUT2D eigenvalue weighted by molar-refractivity contribution is 6.54. The van der Waals surface area contributed by atoms with Crippen molar-refractivity contribution in [1.82, 2.24) is 0 Å². The van der Waals surface area contributed by atoms with Gasteiger partial charge in [-0.05, 0) is 54.1 Å². The molecule has 3 aromatic carbocycles. The van der Waals surface area contributed by atoms with E-state index in [9.17, 15) is 14.0 Å². The fourth-order valence-corrected chi connectivity index (χ4v) is 5.13. The number of alkyl halides is 2. The summed E-state index contributed by atoms with van der Waals surface area (Å²) in [4.78, 5) is 25.6. The Balaban J connectivity index is 1.49. The van der Waals surface area contributed by atoms with Gasteiger partial charge in [-0.2, -0.15) is 5.26 Å². The van der Waals surface area contributed by atoms with Gasteiger partial charge in [0.1, 0.15) is 16.2 Å². The summed E-state index contributed by atoms with van der Waals surface area (Å²) in [7, 11) is 0. The molecule has 0 heterocycles. The summed E-state index contributed by atoms with van der Waals surface area (Å²) >= 11 is 31.0. The third-order valence-corrected chi connectivity index (χ3v) is 7.58. The highest BCUT2D eigenvalue weighted by Gasteiger charge is 2.67. The van der Waals surface area contributed by atoms with Crippen molar-refractivity contribution < 1.29 is 14.0 Å². The first-order valence-corrected chi connectivity index (χ1v) is 11.9. The van der Waals surface area contributed by atoms with Gasteiger partial charge in [0.15, 0.2) is 0 Å². The van der Waals surface area contributed by atoms with E-state index in [1.165, 1.54) is 18.2 Å². The molecule has 2 N–H and O–H groups in total. The van der Waals surface area contributed by atoms with E-state index in [0.717, 1.165) is 12.1 Å². The Morgan fingerprint density at radius 2 is 1.66 bits per heavy atom. The minimum atomic E-state index is -1.39. The van der Waals surface area contributed by atoms with Crippen LogP contribution in [0.1, 0.15) is 27.4 Å². The monoisotopic (exact) mass is 569 g/mol. The lowest BCUT2D eigenvalue weighted by molar-refractivity contribution is -0.117. The summed E-state index contributed by atoms with van der Waals surface area (Å²) in [5.41, 5.74) is 1.22. The second-order valence-corrected chi connectivity index (χ2v) is 10.4. The molecule has 0 spiro atoms. The normalized spacial score (nSPS) is 17.9. The Kier molecular flexibility index (Phi) is 7.19. The minimum absolute atomic E-state index is 0.0226. The number of nitrogens with one attached hydrogen (secondary N) is 2. The van der Waals surface area contributed by atoms with Crippen LogP contribution in [0.5, 0.6) is 0 Å². The van der Waals surface area contributed by atoms with Crippen molar-refractivity contribution in [3.63, 3.8) is 0 Å². The van der Waals surface area contributed by atoms with Gasteiger partial charge in [0.2, 0.25) is 5.91 Å². The number of halogens is 6. The SMILES string of the molecule is N#Cc1cc(F)ccc1NC(=O)c1cccc(NC(=O)[C@H]2[C@H](c3cc(Cl)c(Cl)c(Cl)c3)C2(Cl)Cl)c1. The molecule has 2 atom stereocenters. The molecule has 0 aliphatic heterocycles. The number of hydrogen-bond acceptors (Lipinski definition) is 3. The van der Waals surface area contributed by atoms with Crippen LogP contribution in [-0.4, -0.2) is 16.1 Å². The van der Waals surface area contributed by atoms with Crippen LogP contribution in [0, 0.1) is 23.1 Å². The number of nitriles is 1. The van der Waals surface area contributed by atoms with Crippen LogP contribution in [0.15, 0.2) is 54.6 Å². The molecule has 0 radical (unpaired) electrons. The molecule has 3 aromatic rings. The quantitative estimate of drug-likeness (QED) is 0.247. The van der Waals surface area contributed by atoms with Crippen molar-refractivity contribution in [2.24, 2.45) is 5.92 Å². The zero-order valence-corrected chi connectivity index (χ0v) is 21.2. The molecule has 5 nitrogen and oxygen atoms in total. The molecule has 35 heavy (non-hydrogen) atoms.